The summed E-state index contributed by atoms with van der Waals surface area (Å²) in [7, 11) is 0. The summed E-state index contributed by atoms with van der Waals surface area (Å²) in [6.07, 6.45) is 0.163. The highest BCUT2D eigenvalue weighted by atomic mass is 19.1. The first kappa shape index (κ1) is 24.5. The maximum atomic E-state index is 13.4. The average molecular weight is 482 g/mol. The van der Waals surface area contributed by atoms with Crippen molar-refractivity contribution >= 4 is 12.0 Å². The molecule has 2 amide bonds. The molecule has 1 unspecified atom stereocenters. The molecule has 35 heavy (non-hydrogen) atoms. The summed E-state index contributed by atoms with van der Waals surface area (Å²) >= 11 is 0. The summed E-state index contributed by atoms with van der Waals surface area (Å²) in [4.78, 5) is 27.6. The third-order valence-electron chi connectivity index (χ3n) is 6.46. The molecule has 3 atom stereocenters. The third kappa shape index (κ3) is 5.23. The van der Waals surface area contributed by atoms with Gasteiger partial charge in [-0.3, -0.25) is 9.69 Å². The van der Waals surface area contributed by atoms with Crippen LogP contribution in [0.3, 0.4) is 0 Å². The maximum absolute atomic E-state index is 13.4. The molecule has 0 spiro atoms. The Morgan fingerprint density at radius 1 is 1.29 bits per heavy atom. The number of rotatable bonds is 4. The number of carbonyl (C=O) groups is 2. The molecule has 0 radical (unpaired) electrons. The number of nitrogens with one attached hydrogen (secondary N) is 1. The zero-order valence-electron chi connectivity index (χ0n) is 19.7. The normalized spacial score (nSPS) is 22.8. The monoisotopic (exact) mass is 481 g/mol. The minimum Gasteiger partial charge on any atom is -0.485 e. The Labute approximate surface area is 203 Å². The SMILES string of the molecule is CC1(C)Oc2ccc(C#N)cc2[C@@H](NC(=O)C2CCCCN2C(=O)OCc2cccc(F)c2)[C@@H]1O. The maximum Gasteiger partial charge on any atom is 0.410 e. The number of piperidine rings is 1. The van der Waals surface area contributed by atoms with Crippen LogP contribution >= 0.6 is 0 Å². The Hall–Kier alpha value is -3.64. The summed E-state index contributed by atoms with van der Waals surface area (Å²) in [6.45, 7) is 3.67. The summed E-state index contributed by atoms with van der Waals surface area (Å²) in [6, 6.07) is 11.1. The Bertz CT molecular complexity index is 1160. The van der Waals surface area contributed by atoms with E-state index in [1.54, 1.807) is 38.1 Å². The van der Waals surface area contributed by atoms with Crippen LogP contribution in [0, 0.1) is 17.1 Å². The summed E-state index contributed by atoms with van der Waals surface area (Å²) in [5.74, 6) is -0.381. The van der Waals surface area contributed by atoms with Crippen molar-refractivity contribution in [1.82, 2.24) is 10.2 Å². The number of aliphatic hydroxyl groups excluding tert-OH is 1. The fraction of sp³-hybridized carbons (Fsp3) is 0.423. The zero-order chi connectivity index (χ0) is 25.2. The molecule has 2 aliphatic heterocycles. The highest BCUT2D eigenvalue weighted by Crippen LogP contribution is 2.40. The highest BCUT2D eigenvalue weighted by molar-refractivity contribution is 5.86. The lowest BCUT2D eigenvalue weighted by Gasteiger charge is -2.43. The molecule has 9 heteroatoms. The van der Waals surface area contributed by atoms with Crippen molar-refractivity contribution in [2.75, 3.05) is 6.54 Å². The summed E-state index contributed by atoms with van der Waals surface area (Å²) in [5.41, 5.74) is 0.391. The van der Waals surface area contributed by atoms with Gasteiger partial charge in [-0.05, 0) is 69.0 Å². The Morgan fingerprint density at radius 2 is 2.09 bits per heavy atom. The molecule has 0 bridgehead atoms. The standard InChI is InChI=1S/C26H28FN3O5/c1-26(2)23(31)22(19-13-16(14-28)9-10-21(19)35-26)29-24(32)20-8-3-4-11-30(20)25(33)34-15-17-6-5-7-18(27)12-17/h5-7,9-10,12-13,20,22-23,31H,3-4,8,11,15H2,1-2H3,(H,29,32)/t20?,22-,23+/m1/s1. The van der Waals surface area contributed by atoms with Gasteiger partial charge in [0.1, 0.15) is 35.9 Å². The minimum absolute atomic E-state index is 0.112. The highest BCUT2D eigenvalue weighted by Gasteiger charge is 2.45. The van der Waals surface area contributed by atoms with Crippen LogP contribution in [0.15, 0.2) is 42.5 Å². The van der Waals surface area contributed by atoms with Gasteiger partial charge in [-0.15, -0.1) is 0 Å². The van der Waals surface area contributed by atoms with Crippen molar-refractivity contribution in [2.45, 2.75) is 63.5 Å². The molecule has 184 valence electrons. The van der Waals surface area contributed by atoms with E-state index in [9.17, 15) is 24.3 Å². The number of amides is 2. The van der Waals surface area contributed by atoms with Gasteiger partial charge in [0.2, 0.25) is 5.91 Å². The van der Waals surface area contributed by atoms with Gasteiger partial charge in [0, 0.05) is 12.1 Å². The molecule has 2 N–H and O–H groups in total. The van der Waals surface area contributed by atoms with Gasteiger partial charge in [-0.2, -0.15) is 5.26 Å². The second-order valence-corrected chi connectivity index (χ2v) is 9.39. The molecule has 0 saturated carbocycles. The van der Waals surface area contributed by atoms with Crippen LogP contribution in [0.1, 0.15) is 55.8 Å². The molecule has 4 rings (SSSR count). The topological polar surface area (TPSA) is 112 Å². The van der Waals surface area contributed by atoms with Crippen LogP contribution in [0.2, 0.25) is 0 Å². The van der Waals surface area contributed by atoms with Gasteiger partial charge in [-0.25, -0.2) is 9.18 Å². The summed E-state index contributed by atoms with van der Waals surface area (Å²) < 4.78 is 24.7. The van der Waals surface area contributed by atoms with Gasteiger partial charge >= 0.3 is 6.09 Å². The molecule has 0 aliphatic carbocycles. The number of halogens is 1. The number of benzene rings is 2. The van der Waals surface area contributed by atoms with Crippen molar-refractivity contribution in [3.63, 3.8) is 0 Å². The molecule has 2 heterocycles. The van der Waals surface area contributed by atoms with Crippen molar-refractivity contribution < 1.29 is 28.6 Å². The van der Waals surface area contributed by atoms with E-state index in [1.807, 2.05) is 0 Å². The second-order valence-electron chi connectivity index (χ2n) is 9.39. The fourth-order valence-corrected chi connectivity index (χ4v) is 4.55. The zero-order valence-corrected chi connectivity index (χ0v) is 19.7. The summed E-state index contributed by atoms with van der Waals surface area (Å²) in [5, 5.41) is 23.2. The predicted octanol–water partition coefficient (Wildman–Crippen LogP) is 3.58. The van der Waals surface area contributed by atoms with E-state index >= 15 is 0 Å². The second kappa shape index (κ2) is 9.92. The van der Waals surface area contributed by atoms with Gasteiger partial charge in [0.05, 0.1) is 17.7 Å². The first-order valence-corrected chi connectivity index (χ1v) is 11.6. The van der Waals surface area contributed by atoms with Crippen molar-refractivity contribution in [3.05, 3.63) is 65.0 Å². The molecule has 2 aliphatic rings. The first-order chi connectivity index (χ1) is 16.7. The van der Waals surface area contributed by atoms with Gasteiger partial charge in [0.15, 0.2) is 0 Å². The molecule has 8 nitrogen and oxygen atoms in total. The van der Waals surface area contributed by atoms with Gasteiger partial charge in [0.25, 0.3) is 0 Å². The van der Waals surface area contributed by atoms with E-state index in [0.717, 1.165) is 12.8 Å². The number of fused-ring (bicyclic) bond motifs is 1. The molecule has 1 fully saturated rings. The van der Waals surface area contributed by atoms with E-state index < -0.39 is 41.6 Å². The van der Waals surface area contributed by atoms with E-state index in [-0.39, 0.29) is 6.61 Å². The molecule has 2 aromatic carbocycles. The number of carbonyl (C=O) groups excluding carboxylic acids is 2. The van der Waals surface area contributed by atoms with Crippen LogP contribution in [-0.4, -0.2) is 46.3 Å². The molecular formula is C26H28FN3O5. The van der Waals surface area contributed by atoms with Crippen molar-refractivity contribution in [1.29, 1.82) is 5.26 Å². The molecule has 2 aromatic rings. The van der Waals surface area contributed by atoms with E-state index in [2.05, 4.69) is 11.4 Å². The molecule has 0 aromatic heterocycles. The van der Waals surface area contributed by atoms with Crippen LogP contribution in [0.25, 0.3) is 0 Å². The average Bonchev–Trinajstić information content (AvgIpc) is 2.85. The van der Waals surface area contributed by atoms with Gasteiger partial charge in [-0.1, -0.05) is 12.1 Å². The Balaban J connectivity index is 1.51. The number of aliphatic hydroxyl groups is 1. The van der Waals surface area contributed by atoms with Crippen molar-refractivity contribution in [2.24, 2.45) is 0 Å². The van der Waals surface area contributed by atoms with E-state index in [1.165, 1.54) is 23.1 Å². The smallest absolute Gasteiger partial charge is 0.410 e. The van der Waals surface area contributed by atoms with Crippen molar-refractivity contribution in [3.8, 4) is 11.8 Å². The Kier molecular flexibility index (Phi) is 6.94. The number of nitriles is 1. The number of nitrogens with zero attached hydrogens (tertiary/aromatic N) is 2. The minimum atomic E-state index is -1.09. The largest absolute Gasteiger partial charge is 0.485 e. The Morgan fingerprint density at radius 3 is 2.83 bits per heavy atom. The first-order valence-electron chi connectivity index (χ1n) is 11.6. The van der Waals surface area contributed by atoms with E-state index in [0.29, 0.717) is 35.4 Å². The molecular weight excluding hydrogens is 453 g/mol. The third-order valence-corrected chi connectivity index (χ3v) is 6.46. The quantitative estimate of drug-likeness (QED) is 0.691. The number of ether oxygens (including phenoxy) is 2. The number of hydrogen-bond donors (Lipinski definition) is 2. The van der Waals surface area contributed by atoms with Crippen LogP contribution in [0.4, 0.5) is 9.18 Å². The van der Waals surface area contributed by atoms with Crippen LogP contribution in [-0.2, 0) is 16.1 Å². The lowest BCUT2D eigenvalue weighted by atomic mass is 9.85. The van der Waals surface area contributed by atoms with Crippen LogP contribution in [0.5, 0.6) is 5.75 Å². The number of likely N-dealkylation sites (tertiary alicyclic amines) is 1. The molecule has 1 saturated heterocycles. The lowest BCUT2D eigenvalue weighted by molar-refractivity contribution is -0.131. The van der Waals surface area contributed by atoms with Gasteiger partial charge < -0.3 is 19.9 Å². The predicted molar refractivity (Wildman–Crippen MR) is 124 cm³/mol. The lowest BCUT2D eigenvalue weighted by Crippen LogP contribution is -2.57. The van der Waals surface area contributed by atoms with Crippen LogP contribution < -0.4 is 10.1 Å². The van der Waals surface area contributed by atoms with E-state index in [4.69, 9.17) is 9.47 Å². The number of hydrogen-bond acceptors (Lipinski definition) is 6. The fourth-order valence-electron chi connectivity index (χ4n) is 4.55.